The molecule has 0 saturated heterocycles. The maximum Gasteiger partial charge on any atom is 0.244 e. The van der Waals surface area contributed by atoms with E-state index in [1.54, 1.807) is 12.1 Å². The molecule has 0 aromatic heterocycles. The number of sulfonamides is 1. The Balaban J connectivity index is 1.72. The van der Waals surface area contributed by atoms with Crippen LogP contribution in [0.15, 0.2) is 72.8 Å². The smallest absolute Gasteiger partial charge is 0.244 e. The first-order chi connectivity index (χ1) is 20.5. The fourth-order valence-electron chi connectivity index (χ4n) is 5.31. The molecule has 0 bridgehead atoms. The summed E-state index contributed by atoms with van der Waals surface area (Å²) in [7, 11) is -2.51. The second-order valence-corrected chi connectivity index (χ2v) is 13.1. The van der Waals surface area contributed by atoms with Crippen LogP contribution >= 0.6 is 11.6 Å². The van der Waals surface area contributed by atoms with Gasteiger partial charge in [0.25, 0.3) is 0 Å². The van der Waals surface area contributed by atoms with E-state index in [4.69, 9.17) is 16.3 Å². The number of carbonyl (C=O) groups is 2. The Bertz CT molecular complexity index is 1500. The summed E-state index contributed by atoms with van der Waals surface area (Å²) in [4.78, 5) is 29.5. The molecule has 0 unspecified atom stereocenters. The number of nitrogens with one attached hydrogen (secondary N) is 1. The number of halogens is 2. The second-order valence-electron chi connectivity index (χ2n) is 10.8. The quantitative estimate of drug-likeness (QED) is 0.292. The van der Waals surface area contributed by atoms with E-state index in [2.05, 4.69) is 5.32 Å². The minimum absolute atomic E-state index is 0.00347. The molecule has 3 aromatic carbocycles. The summed E-state index contributed by atoms with van der Waals surface area (Å²) in [5, 5.41) is 3.33. The Morgan fingerprint density at radius 2 is 1.67 bits per heavy atom. The average Bonchev–Trinajstić information content (AvgIpc) is 2.99. The molecule has 0 heterocycles. The fourth-order valence-corrected chi connectivity index (χ4v) is 6.40. The van der Waals surface area contributed by atoms with Gasteiger partial charge in [-0.2, -0.15) is 0 Å². The lowest BCUT2D eigenvalue weighted by molar-refractivity contribution is -0.140. The SMILES string of the molecule is COc1ccc(N(CC(=O)N(Cc2ccc(F)cc2)[C@@H](Cc2ccccc2)C(=O)NC2CCCCC2)S(C)(=O)=O)cc1Cl. The third kappa shape index (κ3) is 8.93. The van der Waals surface area contributed by atoms with Gasteiger partial charge in [0.2, 0.25) is 21.8 Å². The van der Waals surface area contributed by atoms with Crippen LogP contribution in [-0.4, -0.2) is 57.1 Å². The molecular formula is C32H37ClFN3O5S. The highest BCUT2D eigenvalue weighted by atomic mass is 35.5. The molecule has 1 fully saturated rings. The van der Waals surface area contributed by atoms with E-state index in [1.807, 2.05) is 30.3 Å². The van der Waals surface area contributed by atoms with E-state index in [0.29, 0.717) is 11.3 Å². The number of hydrogen-bond acceptors (Lipinski definition) is 5. The van der Waals surface area contributed by atoms with Gasteiger partial charge in [-0.05, 0) is 54.3 Å². The number of methoxy groups -OCH3 is 1. The largest absolute Gasteiger partial charge is 0.495 e. The zero-order valence-corrected chi connectivity index (χ0v) is 25.9. The molecule has 2 amide bonds. The average molecular weight is 630 g/mol. The molecule has 3 aromatic rings. The zero-order valence-electron chi connectivity index (χ0n) is 24.3. The minimum atomic E-state index is -3.95. The van der Waals surface area contributed by atoms with Crippen molar-refractivity contribution in [2.75, 3.05) is 24.2 Å². The van der Waals surface area contributed by atoms with Crippen molar-refractivity contribution in [2.45, 2.75) is 57.2 Å². The number of amides is 2. The van der Waals surface area contributed by atoms with Crippen LogP contribution in [0.4, 0.5) is 10.1 Å². The lowest BCUT2D eigenvalue weighted by Gasteiger charge is -2.35. The molecule has 230 valence electrons. The van der Waals surface area contributed by atoms with Gasteiger partial charge in [0.05, 0.1) is 24.1 Å². The predicted octanol–water partition coefficient (Wildman–Crippen LogP) is 5.34. The summed E-state index contributed by atoms with van der Waals surface area (Å²) in [5.74, 6) is -0.992. The van der Waals surface area contributed by atoms with Gasteiger partial charge >= 0.3 is 0 Å². The van der Waals surface area contributed by atoms with Gasteiger partial charge in [0, 0.05) is 19.0 Å². The summed E-state index contributed by atoms with van der Waals surface area (Å²) >= 11 is 6.29. The van der Waals surface area contributed by atoms with Crippen LogP contribution in [0, 0.1) is 5.82 Å². The number of benzene rings is 3. The van der Waals surface area contributed by atoms with Crippen LogP contribution in [-0.2, 0) is 32.6 Å². The third-order valence-corrected chi connectivity index (χ3v) is 9.03. The summed E-state index contributed by atoms with van der Waals surface area (Å²) < 4.78 is 45.8. The van der Waals surface area contributed by atoms with Gasteiger partial charge in [-0.3, -0.25) is 13.9 Å². The lowest BCUT2D eigenvalue weighted by Crippen LogP contribution is -2.55. The summed E-state index contributed by atoms with van der Waals surface area (Å²) in [5.41, 5.74) is 1.61. The monoisotopic (exact) mass is 629 g/mol. The third-order valence-electron chi connectivity index (χ3n) is 7.59. The van der Waals surface area contributed by atoms with Crippen molar-refractivity contribution in [3.63, 3.8) is 0 Å². The van der Waals surface area contributed by atoms with E-state index >= 15 is 0 Å². The van der Waals surface area contributed by atoms with Crippen molar-refractivity contribution in [3.8, 4) is 5.75 Å². The second kappa shape index (κ2) is 14.7. The minimum Gasteiger partial charge on any atom is -0.495 e. The van der Waals surface area contributed by atoms with Gasteiger partial charge in [0.1, 0.15) is 24.2 Å². The zero-order chi connectivity index (χ0) is 31.0. The van der Waals surface area contributed by atoms with Crippen LogP contribution in [0.3, 0.4) is 0 Å². The molecule has 0 radical (unpaired) electrons. The Hall–Kier alpha value is -3.63. The first-order valence-electron chi connectivity index (χ1n) is 14.2. The highest BCUT2D eigenvalue weighted by Crippen LogP contribution is 2.30. The lowest BCUT2D eigenvalue weighted by atomic mass is 9.94. The number of ether oxygens (including phenoxy) is 1. The molecule has 0 aliphatic heterocycles. The molecule has 1 aliphatic carbocycles. The normalized spacial score (nSPS) is 14.5. The number of anilines is 1. The highest BCUT2D eigenvalue weighted by Gasteiger charge is 2.34. The molecule has 1 atom stereocenters. The summed E-state index contributed by atoms with van der Waals surface area (Å²) in [6.45, 7) is -0.611. The molecule has 1 aliphatic rings. The first-order valence-corrected chi connectivity index (χ1v) is 16.5. The van der Waals surface area contributed by atoms with Gasteiger partial charge in [0.15, 0.2) is 0 Å². The maximum atomic E-state index is 14.2. The maximum absolute atomic E-state index is 14.2. The highest BCUT2D eigenvalue weighted by molar-refractivity contribution is 7.92. The van der Waals surface area contributed by atoms with Crippen LogP contribution in [0.1, 0.15) is 43.2 Å². The molecule has 4 rings (SSSR count). The van der Waals surface area contributed by atoms with Crippen molar-refractivity contribution in [1.29, 1.82) is 0 Å². The Kier molecular flexibility index (Phi) is 11.0. The van der Waals surface area contributed by atoms with Crippen LogP contribution in [0.25, 0.3) is 0 Å². The first kappa shape index (κ1) is 32.3. The Labute approximate surface area is 257 Å². The Morgan fingerprint density at radius 1 is 1.00 bits per heavy atom. The topological polar surface area (TPSA) is 96.0 Å². The molecule has 1 saturated carbocycles. The van der Waals surface area contributed by atoms with Gasteiger partial charge < -0.3 is 15.0 Å². The van der Waals surface area contributed by atoms with Crippen molar-refractivity contribution in [2.24, 2.45) is 0 Å². The van der Waals surface area contributed by atoms with Gasteiger partial charge in [-0.15, -0.1) is 0 Å². The van der Waals surface area contributed by atoms with Gasteiger partial charge in [-0.25, -0.2) is 12.8 Å². The number of carbonyl (C=O) groups excluding carboxylic acids is 2. The van der Waals surface area contributed by atoms with Crippen molar-refractivity contribution in [3.05, 3.63) is 94.8 Å². The molecule has 11 heteroatoms. The summed E-state index contributed by atoms with van der Waals surface area (Å²) in [6, 6.07) is 18.5. The van der Waals surface area contributed by atoms with E-state index in [-0.39, 0.29) is 35.6 Å². The number of hydrogen-bond donors (Lipinski definition) is 1. The molecule has 8 nitrogen and oxygen atoms in total. The molecular weight excluding hydrogens is 593 g/mol. The van der Waals surface area contributed by atoms with E-state index in [1.165, 1.54) is 42.3 Å². The van der Waals surface area contributed by atoms with E-state index < -0.39 is 34.3 Å². The Morgan fingerprint density at radius 3 is 2.28 bits per heavy atom. The van der Waals surface area contributed by atoms with Crippen molar-refractivity contribution < 1.29 is 27.1 Å². The molecule has 0 spiro atoms. The van der Waals surface area contributed by atoms with E-state index in [0.717, 1.165) is 48.2 Å². The molecule has 1 N–H and O–H groups in total. The van der Waals surface area contributed by atoms with Gasteiger partial charge in [-0.1, -0.05) is 73.3 Å². The van der Waals surface area contributed by atoms with E-state index in [9.17, 15) is 22.4 Å². The summed E-state index contributed by atoms with van der Waals surface area (Å²) in [6.07, 6.45) is 6.07. The van der Waals surface area contributed by atoms with Crippen LogP contribution in [0.5, 0.6) is 5.75 Å². The standard InChI is InChI=1S/C32H37ClFN3O5S/c1-42-30-18-17-27(20-28(30)33)37(43(2,40)41)22-31(38)36(21-24-13-15-25(34)16-14-24)29(19-23-9-5-3-6-10-23)32(39)35-26-11-7-4-8-12-26/h3,5-6,9-10,13-18,20,26,29H,4,7-8,11-12,19,21-22H2,1-2H3,(H,35,39)/t29-/m0/s1. The van der Waals surface area contributed by atoms with Crippen molar-refractivity contribution >= 4 is 39.1 Å². The van der Waals surface area contributed by atoms with Crippen LogP contribution in [0.2, 0.25) is 5.02 Å². The number of nitrogens with zero attached hydrogens (tertiary/aromatic N) is 2. The predicted molar refractivity (Wildman–Crippen MR) is 166 cm³/mol. The fraction of sp³-hybridized carbons (Fsp3) is 0.375. The molecule has 43 heavy (non-hydrogen) atoms. The van der Waals surface area contributed by atoms with Crippen LogP contribution < -0.4 is 14.4 Å². The number of rotatable bonds is 12. The van der Waals surface area contributed by atoms with Crippen molar-refractivity contribution in [1.82, 2.24) is 10.2 Å².